The smallest absolute Gasteiger partial charge is 0.305 e. The summed E-state index contributed by atoms with van der Waals surface area (Å²) in [4.78, 5) is 14.1. The number of hydrogen-bond donors (Lipinski definition) is 1. The van der Waals surface area contributed by atoms with Gasteiger partial charge in [0.1, 0.15) is 11.6 Å². The highest BCUT2D eigenvalue weighted by atomic mass is 19.1. The predicted octanol–water partition coefficient (Wildman–Crippen LogP) is 6.00. The largest absolute Gasteiger partial charge is 0.497 e. The Morgan fingerprint density at radius 2 is 1.74 bits per heavy atom. The third-order valence-corrected chi connectivity index (χ3v) is 7.82. The standard InChI is InChI=1S/C31H34FN3O3/c1-21-29(20-30(36)37)35(33-31(21)24-8-10-25(32)11-9-24)26-12-6-22(7-13-26)18-23-14-16-34(17-15-23)27-4-3-5-28(19-27)38-2/h3-13,19,21,23,29H,14-18,20H2,1-2H3,(H,36,37)/t21-,29-/m0/s1. The number of hydrazone groups is 1. The molecule has 0 aromatic heterocycles. The van der Waals surface area contributed by atoms with Crippen molar-refractivity contribution in [3.63, 3.8) is 0 Å². The molecule has 3 aromatic rings. The Balaban J connectivity index is 1.25. The highest BCUT2D eigenvalue weighted by molar-refractivity contribution is 6.05. The Kier molecular flexibility index (Phi) is 7.63. The van der Waals surface area contributed by atoms with Gasteiger partial charge in [-0.1, -0.05) is 37.3 Å². The summed E-state index contributed by atoms with van der Waals surface area (Å²) in [7, 11) is 1.70. The van der Waals surface area contributed by atoms with E-state index in [2.05, 4.69) is 29.2 Å². The minimum absolute atomic E-state index is 0.0248. The van der Waals surface area contributed by atoms with E-state index in [1.165, 1.54) is 23.4 Å². The first kappa shape index (κ1) is 25.8. The Hall–Kier alpha value is -3.87. The minimum Gasteiger partial charge on any atom is -0.497 e. The molecule has 6 nitrogen and oxygen atoms in total. The van der Waals surface area contributed by atoms with Gasteiger partial charge in [0.25, 0.3) is 0 Å². The summed E-state index contributed by atoms with van der Waals surface area (Å²) >= 11 is 0. The van der Waals surface area contributed by atoms with E-state index in [0.717, 1.165) is 55.1 Å². The SMILES string of the molecule is COc1cccc(N2CCC(Cc3ccc(N4N=C(c5ccc(F)cc5)[C@@H](C)[C@@H]4CC(=O)O)cc3)CC2)c1. The van der Waals surface area contributed by atoms with Gasteiger partial charge in [0.2, 0.25) is 0 Å². The molecule has 0 unspecified atom stereocenters. The van der Waals surface area contributed by atoms with Crippen LogP contribution in [0.1, 0.15) is 37.3 Å². The van der Waals surface area contributed by atoms with E-state index in [0.29, 0.717) is 5.92 Å². The van der Waals surface area contributed by atoms with E-state index in [1.807, 2.05) is 36.2 Å². The second kappa shape index (κ2) is 11.3. The number of halogens is 1. The van der Waals surface area contributed by atoms with Crippen molar-refractivity contribution in [1.82, 2.24) is 0 Å². The topological polar surface area (TPSA) is 65.4 Å². The van der Waals surface area contributed by atoms with E-state index in [9.17, 15) is 14.3 Å². The van der Waals surface area contributed by atoms with Crippen molar-refractivity contribution in [2.75, 3.05) is 30.1 Å². The van der Waals surface area contributed by atoms with Gasteiger partial charge in [-0.05, 0) is 72.7 Å². The molecule has 0 radical (unpaired) electrons. The molecule has 0 bridgehead atoms. The number of benzene rings is 3. The van der Waals surface area contributed by atoms with Gasteiger partial charge in [0.05, 0.1) is 31.0 Å². The van der Waals surface area contributed by atoms with E-state index in [-0.39, 0.29) is 24.2 Å². The second-order valence-electron chi connectivity index (χ2n) is 10.3. The molecule has 2 atom stereocenters. The average molecular weight is 516 g/mol. The van der Waals surface area contributed by atoms with Gasteiger partial charge in [-0.3, -0.25) is 9.80 Å². The summed E-state index contributed by atoms with van der Waals surface area (Å²) in [6, 6.07) is 22.5. The van der Waals surface area contributed by atoms with Crippen LogP contribution < -0.4 is 14.6 Å². The number of anilines is 2. The number of carboxylic acids is 1. The lowest BCUT2D eigenvalue weighted by atomic mass is 9.89. The first-order valence-electron chi connectivity index (χ1n) is 13.2. The van der Waals surface area contributed by atoms with Crippen molar-refractivity contribution in [2.45, 2.75) is 38.6 Å². The number of ether oxygens (including phenoxy) is 1. The van der Waals surface area contributed by atoms with Crippen LogP contribution in [0.5, 0.6) is 5.75 Å². The number of piperidine rings is 1. The Morgan fingerprint density at radius 3 is 2.39 bits per heavy atom. The molecule has 5 rings (SSSR count). The van der Waals surface area contributed by atoms with Gasteiger partial charge in [-0.2, -0.15) is 5.10 Å². The molecule has 2 heterocycles. The molecule has 3 aromatic carbocycles. The van der Waals surface area contributed by atoms with Crippen molar-refractivity contribution >= 4 is 23.1 Å². The fourth-order valence-electron chi connectivity index (χ4n) is 5.63. The third kappa shape index (κ3) is 5.67. The fraction of sp³-hybridized carbons (Fsp3) is 0.355. The zero-order valence-electron chi connectivity index (χ0n) is 21.9. The minimum atomic E-state index is -0.862. The van der Waals surface area contributed by atoms with Crippen LogP contribution in [-0.4, -0.2) is 43.0 Å². The van der Waals surface area contributed by atoms with Crippen molar-refractivity contribution in [3.05, 3.63) is 89.7 Å². The van der Waals surface area contributed by atoms with Crippen molar-refractivity contribution in [2.24, 2.45) is 16.9 Å². The Morgan fingerprint density at radius 1 is 1.03 bits per heavy atom. The number of aliphatic carboxylic acids is 1. The summed E-state index contributed by atoms with van der Waals surface area (Å²) in [6.07, 6.45) is 3.26. The van der Waals surface area contributed by atoms with E-state index < -0.39 is 5.97 Å². The normalized spacial score (nSPS) is 19.9. The molecule has 1 N–H and O–H groups in total. The maximum atomic E-state index is 13.5. The lowest BCUT2D eigenvalue weighted by Gasteiger charge is -2.34. The Labute approximate surface area is 223 Å². The number of carboxylic acid groups (broad SMARTS) is 1. The van der Waals surface area contributed by atoms with E-state index in [4.69, 9.17) is 9.84 Å². The summed E-state index contributed by atoms with van der Waals surface area (Å²) < 4.78 is 18.8. The molecule has 2 aliphatic heterocycles. The van der Waals surface area contributed by atoms with Crippen molar-refractivity contribution in [1.29, 1.82) is 0 Å². The van der Waals surface area contributed by atoms with Gasteiger partial charge >= 0.3 is 5.97 Å². The summed E-state index contributed by atoms with van der Waals surface area (Å²) in [5.41, 5.74) is 4.95. The quantitative estimate of drug-likeness (QED) is 0.399. The second-order valence-corrected chi connectivity index (χ2v) is 10.3. The van der Waals surface area contributed by atoms with Gasteiger partial charge in [0.15, 0.2) is 0 Å². The van der Waals surface area contributed by atoms with Crippen LogP contribution in [0.25, 0.3) is 0 Å². The maximum absolute atomic E-state index is 13.5. The maximum Gasteiger partial charge on any atom is 0.305 e. The highest BCUT2D eigenvalue weighted by Gasteiger charge is 2.37. The van der Waals surface area contributed by atoms with Crippen molar-refractivity contribution in [3.8, 4) is 5.75 Å². The third-order valence-electron chi connectivity index (χ3n) is 7.82. The Bertz CT molecular complexity index is 1280. The van der Waals surface area contributed by atoms with Crippen LogP contribution in [0.15, 0.2) is 77.9 Å². The van der Waals surface area contributed by atoms with Crippen LogP contribution >= 0.6 is 0 Å². The van der Waals surface area contributed by atoms with Gasteiger partial charge in [0, 0.05) is 30.8 Å². The lowest BCUT2D eigenvalue weighted by Crippen LogP contribution is -2.34. The molecule has 1 fully saturated rings. The van der Waals surface area contributed by atoms with Gasteiger partial charge in [-0.25, -0.2) is 4.39 Å². The molecule has 198 valence electrons. The molecule has 1 saturated heterocycles. The van der Waals surface area contributed by atoms with Gasteiger partial charge in [-0.15, -0.1) is 0 Å². The van der Waals surface area contributed by atoms with E-state index in [1.54, 1.807) is 19.2 Å². The van der Waals surface area contributed by atoms with Gasteiger partial charge < -0.3 is 14.7 Å². The van der Waals surface area contributed by atoms with Crippen LogP contribution in [0.2, 0.25) is 0 Å². The first-order chi connectivity index (χ1) is 18.4. The lowest BCUT2D eigenvalue weighted by molar-refractivity contribution is -0.137. The first-order valence-corrected chi connectivity index (χ1v) is 13.2. The number of rotatable bonds is 8. The van der Waals surface area contributed by atoms with Crippen molar-refractivity contribution < 1.29 is 19.0 Å². The van der Waals surface area contributed by atoms with E-state index >= 15 is 0 Å². The number of carbonyl (C=O) groups is 1. The zero-order chi connectivity index (χ0) is 26.6. The predicted molar refractivity (Wildman–Crippen MR) is 149 cm³/mol. The van der Waals surface area contributed by atoms with Crippen LogP contribution in [0.3, 0.4) is 0 Å². The molecule has 7 heteroatoms. The molecule has 0 aliphatic carbocycles. The molecule has 38 heavy (non-hydrogen) atoms. The zero-order valence-corrected chi connectivity index (χ0v) is 21.9. The summed E-state index contributed by atoms with van der Waals surface area (Å²) in [5, 5.41) is 16.2. The summed E-state index contributed by atoms with van der Waals surface area (Å²) in [5.74, 6) is 0.236. The molecule has 0 saturated carbocycles. The molecular weight excluding hydrogens is 481 g/mol. The van der Waals surface area contributed by atoms with Crippen LogP contribution in [0, 0.1) is 17.7 Å². The van der Waals surface area contributed by atoms with Crippen LogP contribution in [0.4, 0.5) is 15.8 Å². The number of nitrogens with zero attached hydrogens (tertiary/aromatic N) is 3. The number of methoxy groups -OCH3 is 1. The monoisotopic (exact) mass is 515 g/mol. The molecule has 2 aliphatic rings. The number of hydrogen-bond acceptors (Lipinski definition) is 5. The molecular formula is C31H34FN3O3. The molecule has 0 spiro atoms. The van der Waals surface area contributed by atoms with Crippen LogP contribution in [-0.2, 0) is 11.2 Å². The fourth-order valence-corrected chi connectivity index (χ4v) is 5.63. The highest BCUT2D eigenvalue weighted by Crippen LogP contribution is 2.34. The average Bonchev–Trinajstić information content (AvgIpc) is 3.25. The summed E-state index contributed by atoms with van der Waals surface area (Å²) in [6.45, 7) is 4.04. The molecule has 0 amide bonds.